The molecule has 0 atom stereocenters. The van der Waals surface area contributed by atoms with Gasteiger partial charge >= 0.3 is 6.03 Å². The van der Waals surface area contributed by atoms with E-state index in [-0.39, 0.29) is 6.03 Å². The minimum absolute atomic E-state index is 0.274. The Balaban J connectivity index is 1.28. The molecule has 7 nitrogen and oxygen atoms in total. The molecule has 7 aromatic rings. The van der Waals surface area contributed by atoms with Crippen molar-refractivity contribution in [3.05, 3.63) is 219 Å². The monoisotopic (exact) mass is 836 g/mol. The molecular weight excluding hydrogens is 781 g/mol. The molecule has 7 heteroatoms. The smallest absolute Gasteiger partial charge is 0.319 e. The highest BCUT2D eigenvalue weighted by atomic mass is 16.5. The minimum Gasteiger partial charge on any atom is -0.493 e. The normalized spacial score (nSPS) is 11.9. The summed E-state index contributed by atoms with van der Waals surface area (Å²) in [6.07, 6.45) is 4.07. The molecule has 320 valence electrons. The van der Waals surface area contributed by atoms with Crippen molar-refractivity contribution in [2.24, 2.45) is 0 Å². The largest absolute Gasteiger partial charge is 0.493 e. The number of rotatable bonds is 15. The molecule has 0 spiro atoms. The van der Waals surface area contributed by atoms with Crippen LogP contribution < -0.4 is 29.6 Å². The van der Waals surface area contributed by atoms with E-state index >= 15 is 0 Å². The zero-order chi connectivity index (χ0) is 43.2. The first-order valence-corrected chi connectivity index (χ1v) is 22.2. The lowest BCUT2D eigenvalue weighted by Crippen LogP contribution is -2.28. The highest BCUT2D eigenvalue weighted by molar-refractivity contribution is 5.89. The number of carbonyl (C=O) groups excluding carboxylic acids is 1. The molecule has 8 bridgehead atoms. The van der Waals surface area contributed by atoms with Crippen molar-refractivity contribution < 1.29 is 23.7 Å². The number of anilines is 1. The fourth-order valence-corrected chi connectivity index (χ4v) is 8.25. The van der Waals surface area contributed by atoms with Gasteiger partial charge in [0.05, 0.1) is 13.2 Å². The molecule has 0 saturated heterocycles. The third kappa shape index (κ3) is 11.1. The Morgan fingerprint density at radius 1 is 0.429 bits per heavy atom. The van der Waals surface area contributed by atoms with E-state index in [1.807, 2.05) is 54.6 Å². The molecule has 2 amide bonds. The Labute approximate surface area is 372 Å². The number of urea groups is 1. The fourth-order valence-electron chi connectivity index (χ4n) is 8.25. The van der Waals surface area contributed by atoms with Crippen LogP contribution in [0.5, 0.6) is 23.0 Å². The number of fused-ring (bicyclic) bond motifs is 8. The Kier molecular flexibility index (Phi) is 14.4. The molecule has 63 heavy (non-hydrogen) atoms. The molecule has 7 aromatic carbocycles. The van der Waals surface area contributed by atoms with Crippen molar-refractivity contribution >= 4 is 11.7 Å². The number of ether oxygens (including phenoxy) is 4. The Morgan fingerprint density at radius 3 is 1.21 bits per heavy atom. The second kappa shape index (κ2) is 21.2. The number of benzene rings is 7. The van der Waals surface area contributed by atoms with Crippen LogP contribution in [0.15, 0.2) is 158 Å². The number of hydrogen-bond acceptors (Lipinski definition) is 5. The summed E-state index contributed by atoms with van der Waals surface area (Å²) in [5, 5.41) is 6.08. The lowest BCUT2D eigenvalue weighted by molar-refractivity contribution is 0.251. The van der Waals surface area contributed by atoms with Gasteiger partial charge in [0.15, 0.2) is 0 Å². The van der Waals surface area contributed by atoms with Crippen LogP contribution in [0.3, 0.4) is 0 Å². The zero-order valence-corrected chi connectivity index (χ0v) is 36.3. The standard InChI is InChI=1S/C56H56N2O5/c1-3-29-60-52-43-21-14-25-47(52)35-49-31-42(37-57-56(59)58-51-27-12-7-13-28-51)32-50(55(49)63-39-41-19-10-6-11-20-41)36-48-26-15-22-44(53(48)61-30-4-2)34-46-24-16-23-45(33-43)54(46)62-38-40-17-8-5-9-18-40/h5-28,31-32H,3-4,29-30,33-39H2,1-2H3,(H2,57,58,59). The average Bonchev–Trinajstić information content (AvgIpc) is 3.31. The quantitative estimate of drug-likeness (QED) is 0.108. The summed E-state index contributed by atoms with van der Waals surface area (Å²) in [5.41, 5.74) is 12.4. The van der Waals surface area contributed by atoms with Crippen LogP contribution in [-0.2, 0) is 45.4 Å². The molecule has 8 rings (SSSR count). The maximum Gasteiger partial charge on any atom is 0.319 e. The van der Waals surface area contributed by atoms with Crippen LogP contribution in [0.25, 0.3) is 0 Å². The predicted molar refractivity (Wildman–Crippen MR) is 252 cm³/mol. The van der Waals surface area contributed by atoms with Gasteiger partial charge in [0.1, 0.15) is 36.2 Å². The maximum atomic E-state index is 13.2. The maximum absolute atomic E-state index is 13.2. The first-order valence-electron chi connectivity index (χ1n) is 22.2. The Morgan fingerprint density at radius 2 is 0.794 bits per heavy atom. The van der Waals surface area contributed by atoms with E-state index in [0.717, 1.165) is 103 Å². The summed E-state index contributed by atoms with van der Waals surface area (Å²) >= 11 is 0. The third-order valence-corrected chi connectivity index (χ3v) is 11.2. The van der Waals surface area contributed by atoms with E-state index in [0.29, 0.717) is 58.7 Å². The van der Waals surface area contributed by atoms with E-state index in [2.05, 4.69) is 128 Å². The van der Waals surface area contributed by atoms with E-state index in [1.165, 1.54) is 0 Å². The second-order valence-corrected chi connectivity index (χ2v) is 16.1. The number of para-hydroxylation sites is 4. The van der Waals surface area contributed by atoms with Gasteiger partial charge in [0.25, 0.3) is 0 Å². The van der Waals surface area contributed by atoms with Gasteiger partial charge in [0.2, 0.25) is 0 Å². The van der Waals surface area contributed by atoms with Crippen molar-refractivity contribution in [3.8, 4) is 23.0 Å². The fraction of sp³-hybridized carbons (Fsp3) is 0.232. The third-order valence-electron chi connectivity index (χ3n) is 11.2. The van der Waals surface area contributed by atoms with E-state index in [9.17, 15) is 4.79 Å². The van der Waals surface area contributed by atoms with Gasteiger partial charge in [-0.2, -0.15) is 0 Å². The van der Waals surface area contributed by atoms with Crippen molar-refractivity contribution in [2.75, 3.05) is 18.5 Å². The molecule has 0 unspecified atom stereocenters. The minimum atomic E-state index is -0.274. The second-order valence-electron chi connectivity index (χ2n) is 16.1. The highest BCUT2D eigenvalue weighted by Gasteiger charge is 2.23. The van der Waals surface area contributed by atoms with Crippen molar-refractivity contribution in [1.82, 2.24) is 5.32 Å². The van der Waals surface area contributed by atoms with Gasteiger partial charge in [-0.05, 0) is 98.3 Å². The summed E-state index contributed by atoms with van der Waals surface area (Å²) < 4.78 is 27.3. The van der Waals surface area contributed by atoms with Crippen LogP contribution in [0, 0.1) is 0 Å². The van der Waals surface area contributed by atoms with Gasteiger partial charge in [-0.1, -0.05) is 147 Å². The lowest BCUT2D eigenvalue weighted by Gasteiger charge is -2.23. The van der Waals surface area contributed by atoms with Crippen LogP contribution in [0.2, 0.25) is 0 Å². The summed E-state index contributed by atoms with van der Waals surface area (Å²) in [7, 11) is 0. The van der Waals surface area contributed by atoms with Crippen LogP contribution in [0.1, 0.15) is 87.9 Å². The molecule has 0 aliphatic heterocycles. The zero-order valence-electron chi connectivity index (χ0n) is 36.3. The van der Waals surface area contributed by atoms with Crippen LogP contribution in [-0.4, -0.2) is 19.2 Å². The molecule has 0 saturated carbocycles. The summed E-state index contributed by atoms with van der Waals surface area (Å²) in [5.74, 6) is 3.48. The van der Waals surface area contributed by atoms with Gasteiger partial charge in [-0.25, -0.2) is 4.79 Å². The molecule has 2 N–H and O–H groups in total. The van der Waals surface area contributed by atoms with Gasteiger partial charge in [0, 0.05) is 37.9 Å². The molecule has 0 fully saturated rings. The highest BCUT2D eigenvalue weighted by Crippen LogP contribution is 2.40. The van der Waals surface area contributed by atoms with E-state index in [1.54, 1.807) is 0 Å². The molecular formula is C56H56N2O5. The molecule has 1 aliphatic rings. The number of nitrogens with one attached hydrogen (secondary N) is 2. The SMILES string of the molecule is CCCOc1c2cccc1Cc1cc(CNC(=O)Nc3ccccc3)cc(c1OCc1ccccc1)Cc1cccc(c1OCCC)Cc1cccc(c1OCc1ccccc1)C2. The molecule has 1 aliphatic carbocycles. The first kappa shape index (κ1) is 42.7. The lowest BCUT2D eigenvalue weighted by atomic mass is 9.90. The van der Waals surface area contributed by atoms with Gasteiger partial charge < -0.3 is 29.6 Å². The molecule has 0 aromatic heterocycles. The predicted octanol–water partition coefficient (Wildman–Crippen LogP) is 12.4. The van der Waals surface area contributed by atoms with E-state index in [4.69, 9.17) is 18.9 Å². The number of amides is 2. The van der Waals surface area contributed by atoms with E-state index < -0.39 is 0 Å². The summed E-state index contributed by atoms with van der Waals surface area (Å²) in [4.78, 5) is 13.2. The molecule has 0 radical (unpaired) electrons. The van der Waals surface area contributed by atoms with Crippen molar-refractivity contribution in [1.29, 1.82) is 0 Å². The summed E-state index contributed by atoms with van der Waals surface area (Å²) in [6.45, 7) is 6.61. The van der Waals surface area contributed by atoms with Gasteiger partial charge in [-0.3, -0.25) is 0 Å². The molecule has 0 heterocycles. The Hall–Kier alpha value is -6.99. The van der Waals surface area contributed by atoms with Crippen molar-refractivity contribution in [3.63, 3.8) is 0 Å². The van der Waals surface area contributed by atoms with Gasteiger partial charge in [-0.15, -0.1) is 0 Å². The summed E-state index contributed by atoms with van der Waals surface area (Å²) in [6, 6.07) is 53.7. The van der Waals surface area contributed by atoms with Crippen LogP contribution in [0.4, 0.5) is 10.5 Å². The Bertz CT molecular complexity index is 2490. The van der Waals surface area contributed by atoms with Crippen molar-refractivity contribution in [2.45, 2.75) is 72.1 Å². The van der Waals surface area contributed by atoms with Crippen LogP contribution >= 0.6 is 0 Å². The number of hydrogen-bond donors (Lipinski definition) is 2. The topological polar surface area (TPSA) is 78.1 Å². The number of carbonyl (C=O) groups is 1. The average molecular weight is 837 g/mol. The first-order chi connectivity index (χ1) is 31.0.